The third-order valence-electron chi connectivity index (χ3n) is 10.0. The average molecular weight is 758 g/mol. The molecule has 1 aliphatic heterocycles. The molecule has 274 valence electrons. The summed E-state index contributed by atoms with van der Waals surface area (Å²) in [6.07, 6.45) is 2.01. The predicted octanol–water partition coefficient (Wildman–Crippen LogP) is 7.96. The van der Waals surface area contributed by atoms with E-state index in [1.165, 1.54) is 25.3 Å². The number of rotatable bonds is 12. The van der Waals surface area contributed by atoms with E-state index in [4.69, 9.17) is 27.1 Å². The Kier molecular flexibility index (Phi) is 10.2. The van der Waals surface area contributed by atoms with Gasteiger partial charge in [0.2, 0.25) is 5.82 Å². The molecule has 2 aliphatic rings. The Hall–Kier alpha value is -4.75. The summed E-state index contributed by atoms with van der Waals surface area (Å²) in [6.45, 7) is 9.93. The van der Waals surface area contributed by atoms with E-state index in [-0.39, 0.29) is 71.9 Å². The number of halogens is 5. The van der Waals surface area contributed by atoms with E-state index in [0.29, 0.717) is 30.9 Å². The lowest BCUT2D eigenvalue weighted by Crippen LogP contribution is -2.66. The fourth-order valence-electron chi connectivity index (χ4n) is 6.86. The summed E-state index contributed by atoms with van der Waals surface area (Å²) in [5, 5.41) is 14.0. The van der Waals surface area contributed by atoms with E-state index in [1.807, 2.05) is 24.8 Å². The van der Waals surface area contributed by atoms with Gasteiger partial charge >= 0.3 is 12.0 Å². The molecule has 11 nitrogen and oxygen atoms in total. The maximum Gasteiger partial charge on any atom is 0.346 e. The third kappa shape index (κ3) is 6.56. The van der Waals surface area contributed by atoms with Crippen LogP contribution in [0.3, 0.4) is 0 Å². The van der Waals surface area contributed by atoms with Gasteiger partial charge in [0.25, 0.3) is 6.43 Å². The molecule has 4 aromatic rings. The number of nitriles is 1. The number of methoxy groups -OCH3 is 1. The Bertz CT molecular complexity index is 2130. The number of nitrogens with zero attached hydrogens (tertiary/aromatic N) is 8. The van der Waals surface area contributed by atoms with Gasteiger partial charge < -0.3 is 20.3 Å². The average Bonchev–Trinajstić information content (AvgIpc) is 3.48. The van der Waals surface area contributed by atoms with E-state index >= 15 is 0 Å². The molecule has 3 atom stereocenters. The van der Waals surface area contributed by atoms with Crippen molar-refractivity contribution in [2.75, 3.05) is 30.8 Å². The zero-order valence-corrected chi connectivity index (χ0v) is 30.4. The van der Waals surface area contributed by atoms with Gasteiger partial charge in [-0.05, 0) is 54.9 Å². The van der Waals surface area contributed by atoms with Gasteiger partial charge in [0, 0.05) is 47.1 Å². The zero-order valence-electron chi connectivity index (χ0n) is 28.8. The second-order valence-corrected chi connectivity index (χ2v) is 14.8. The fraction of sp³-hybridized carbons (Fsp3) is 0.429. The number of carbonyl (C=O) groups is 1. The van der Waals surface area contributed by atoms with Crippen LogP contribution in [-0.4, -0.2) is 67.9 Å². The van der Waals surface area contributed by atoms with Gasteiger partial charge in [0.05, 0.1) is 23.1 Å². The number of thiophene rings is 1. The molecule has 52 heavy (non-hydrogen) atoms. The van der Waals surface area contributed by atoms with Gasteiger partial charge in [0.15, 0.2) is 0 Å². The largest absolute Gasteiger partial charge is 0.467 e. The van der Waals surface area contributed by atoms with Crippen molar-refractivity contribution in [3.63, 3.8) is 0 Å². The normalized spacial score (nSPS) is 18.6. The lowest BCUT2D eigenvalue weighted by molar-refractivity contribution is 0.00874. The van der Waals surface area contributed by atoms with E-state index in [1.54, 1.807) is 4.90 Å². The molecule has 0 spiro atoms. The molecule has 1 aromatic carbocycles. The number of nitrogen functional groups attached to an aromatic ring is 1. The van der Waals surface area contributed by atoms with Gasteiger partial charge in [-0.25, -0.2) is 27.3 Å². The summed E-state index contributed by atoms with van der Waals surface area (Å²) in [6, 6.07) is 3.75. The number of hydrogen-bond acceptors (Lipinski definition) is 10. The Morgan fingerprint density at radius 1 is 1.35 bits per heavy atom. The molecule has 2 fully saturated rings. The van der Waals surface area contributed by atoms with Crippen molar-refractivity contribution >= 4 is 61.5 Å². The highest BCUT2D eigenvalue weighted by molar-refractivity contribution is 7.23. The standard InChI is InChI=1S/C35H36ClF4N9O2S/c1-6-17(2)47(14-19-15-48(28(19)35(4)9-10-35)34(50)49-16-43-31(46-49)29(39)40)32-21(25(12-37)44-33(45-32)51-5)11-23(36)18(3)20-7-8-24(38)27-26(20)22(13-41)30(42)52-27/h7-8,11,16-17,19,28-29H,3,6,9-10,12,14-15,42H2,1-2,4-5H3/b23-11+. The molecular formula is C35H36ClF4N9O2S. The summed E-state index contributed by atoms with van der Waals surface area (Å²) in [4.78, 5) is 29.7. The predicted molar refractivity (Wildman–Crippen MR) is 191 cm³/mol. The van der Waals surface area contributed by atoms with Crippen molar-refractivity contribution in [3.05, 3.63) is 64.1 Å². The second-order valence-electron chi connectivity index (χ2n) is 13.3. The monoisotopic (exact) mass is 757 g/mol. The number of allylic oxidation sites excluding steroid dienone is 2. The molecule has 4 heterocycles. The Balaban J connectivity index is 1.39. The van der Waals surface area contributed by atoms with Crippen molar-refractivity contribution in [1.82, 2.24) is 29.6 Å². The number of aromatic nitrogens is 5. The Labute approximate surface area is 306 Å². The molecule has 0 radical (unpaired) electrons. The van der Waals surface area contributed by atoms with Crippen molar-refractivity contribution in [1.29, 1.82) is 5.26 Å². The zero-order chi connectivity index (χ0) is 37.6. The quantitative estimate of drug-likeness (QED) is 0.113. The highest BCUT2D eigenvalue weighted by atomic mass is 35.5. The van der Waals surface area contributed by atoms with E-state index in [9.17, 15) is 27.6 Å². The van der Waals surface area contributed by atoms with E-state index in [2.05, 4.69) is 28.6 Å². The van der Waals surface area contributed by atoms with Gasteiger partial charge in [-0.2, -0.15) is 19.9 Å². The number of alkyl halides is 3. The van der Waals surface area contributed by atoms with Crippen LogP contribution in [0.5, 0.6) is 6.01 Å². The van der Waals surface area contributed by atoms with Crippen molar-refractivity contribution < 1.29 is 27.1 Å². The van der Waals surface area contributed by atoms with Crippen molar-refractivity contribution in [3.8, 4) is 12.1 Å². The Morgan fingerprint density at radius 3 is 2.67 bits per heavy atom. The maximum atomic E-state index is 14.8. The van der Waals surface area contributed by atoms with Crippen LogP contribution in [0.1, 0.15) is 74.7 Å². The maximum absolute atomic E-state index is 14.8. The summed E-state index contributed by atoms with van der Waals surface area (Å²) in [5.41, 5.74) is 6.83. The first-order valence-electron chi connectivity index (χ1n) is 16.5. The van der Waals surface area contributed by atoms with Crippen LogP contribution in [-0.2, 0) is 6.67 Å². The highest BCUT2D eigenvalue weighted by Crippen LogP contribution is 2.56. The van der Waals surface area contributed by atoms with Crippen LogP contribution in [0.4, 0.5) is 33.2 Å². The second kappa shape index (κ2) is 14.3. The minimum absolute atomic E-state index is 0.0000160. The van der Waals surface area contributed by atoms with Gasteiger partial charge in [-0.15, -0.1) is 16.4 Å². The highest BCUT2D eigenvalue weighted by Gasteiger charge is 2.58. The fourth-order valence-corrected chi connectivity index (χ4v) is 8.02. The van der Waals surface area contributed by atoms with Crippen LogP contribution in [0.15, 0.2) is 30.1 Å². The first-order chi connectivity index (χ1) is 24.8. The lowest BCUT2D eigenvalue weighted by Gasteiger charge is -2.53. The first kappa shape index (κ1) is 37.0. The van der Waals surface area contributed by atoms with E-state index < -0.39 is 30.8 Å². The number of anilines is 2. The SMILES string of the molecule is C=C(/C(Cl)=C\c1c(CF)nc(OC)nc1N(CC1CN(C(=O)n2cnc(C(F)F)n2)C1C1(C)CC1)C(C)CC)c1ccc(F)c2sc(N)c(C#N)c12. The van der Waals surface area contributed by atoms with Crippen LogP contribution in [0.25, 0.3) is 21.7 Å². The van der Waals surface area contributed by atoms with E-state index in [0.717, 1.165) is 35.2 Å². The number of benzene rings is 1. The van der Waals surface area contributed by atoms with Gasteiger partial charge in [-0.1, -0.05) is 38.1 Å². The summed E-state index contributed by atoms with van der Waals surface area (Å²) < 4.78 is 62.4. The lowest BCUT2D eigenvalue weighted by atomic mass is 9.77. The molecule has 2 N–H and O–H groups in total. The number of ether oxygens (including phenoxy) is 1. The Morgan fingerprint density at radius 2 is 2.08 bits per heavy atom. The molecule has 3 unspecified atom stereocenters. The molecule has 1 saturated carbocycles. The minimum atomic E-state index is -2.91. The third-order valence-corrected chi connectivity index (χ3v) is 11.4. The number of nitrogens with two attached hydrogens (primary N) is 1. The summed E-state index contributed by atoms with van der Waals surface area (Å²) in [7, 11) is 1.38. The van der Waals surface area contributed by atoms with Crippen LogP contribution >= 0.6 is 22.9 Å². The molecule has 6 rings (SSSR count). The number of likely N-dealkylation sites (tertiary alicyclic amines) is 1. The smallest absolute Gasteiger partial charge is 0.346 e. The molecule has 0 bridgehead atoms. The number of hydrogen-bond donors (Lipinski definition) is 1. The van der Waals surface area contributed by atoms with Crippen molar-refractivity contribution in [2.45, 2.75) is 65.2 Å². The van der Waals surface area contributed by atoms with Crippen LogP contribution in [0, 0.1) is 28.5 Å². The first-order valence-corrected chi connectivity index (χ1v) is 17.7. The van der Waals surface area contributed by atoms with Gasteiger partial charge in [0.1, 0.15) is 35.7 Å². The molecule has 17 heteroatoms. The number of fused-ring (bicyclic) bond motifs is 1. The molecule has 3 aromatic heterocycles. The van der Waals surface area contributed by atoms with Crippen molar-refractivity contribution in [2.24, 2.45) is 11.3 Å². The summed E-state index contributed by atoms with van der Waals surface area (Å²) >= 11 is 7.87. The van der Waals surface area contributed by atoms with Crippen LogP contribution < -0.4 is 15.4 Å². The number of amides is 1. The van der Waals surface area contributed by atoms with Crippen LogP contribution in [0.2, 0.25) is 0 Å². The molecular weight excluding hydrogens is 722 g/mol. The molecule has 1 saturated heterocycles. The molecule has 1 amide bonds. The summed E-state index contributed by atoms with van der Waals surface area (Å²) in [5.74, 6) is -1.02. The number of carbonyl (C=O) groups excluding carboxylic acids is 1. The topological polar surface area (TPSA) is 139 Å². The molecule has 1 aliphatic carbocycles. The van der Waals surface area contributed by atoms with Gasteiger partial charge in [-0.3, -0.25) is 0 Å². The minimum Gasteiger partial charge on any atom is -0.467 e.